The van der Waals surface area contributed by atoms with E-state index in [1.165, 1.54) is 10.4 Å². The Morgan fingerprint density at radius 3 is 2.93 bits per heavy atom. The summed E-state index contributed by atoms with van der Waals surface area (Å²) in [6.07, 6.45) is 2.81. The van der Waals surface area contributed by atoms with Crippen molar-refractivity contribution < 1.29 is 9.53 Å². The summed E-state index contributed by atoms with van der Waals surface area (Å²) in [6, 6.07) is 15.5. The molecule has 0 N–H and O–H groups in total. The molecule has 2 aromatic heterocycles. The molecule has 0 bridgehead atoms. The van der Waals surface area contributed by atoms with E-state index in [-0.39, 0.29) is 5.91 Å². The van der Waals surface area contributed by atoms with Crippen LogP contribution in [0.5, 0.6) is 11.6 Å². The zero-order valence-corrected chi connectivity index (χ0v) is 16.3. The van der Waals surface area contributed by atoms with Crippen molar-refractivity contribution >= 4 is 17.2 Å². The molecule has 0 atom stereocenters. The lowest BCUT2D eigenvalue weighted by Gasteiger charge is -2.46. The fourth-order valence-corrected chi connectivity index (χ4v) is 4.73. The first-order valence-electron chi connectivity index (χ1n) is 9.54. The number of carbonyl (C=O) groups is 1. The van der Waals surface area contributed by atoms with E-state index in [0.717, 1.165) is 32.6 Å². The van der Waals surface area contributed by atoms with E-state index in [2.05, 4.69) is 21.3 Å². The Morgan fingerprint density at radius 1 is 1.14 bits per heavy atom. The Kier molecular flexibility index (Phi) is 4.58. The maximum absolute atomic E-state index is 12.9. The molecule has 1 fully saturated rings. The summed E-state index contributed by atoms with van der Waals surface area (Å²) in [5.41, 5.74) is 2.12. The zero-order valence-electron chi connectivity index (χ0n) is 15.5. The van der Waals surface area contributed by atoms with Crippen LogP contribution in [0.15, 0.2) is 60.1 Å². The summed E-state index contributed by atoms with van der Waals surface area (Å²) in [6.45, 7) is 3.69. The molecule has 2 aliphatic heterocycles. The number of ether oxygens (including phenoxy) is 1. The Hall–Kier alpha value is -2.70. The molecule has 4 heterocycles. The van der Waals surface area contributed by atoms with Crippen molar-refractivity contribution in [1.29, 1.82) is 0 Å². The molecule has 142 valence electrons. The Bertz CT molecular complexity index is 982. The molecular weight excluding hydrogens is 370 g/mol. The Labute approximate surface area is 168 Å². The average Bonchev–Trinajstić information content (AvgIpc) is 3.16. The lowest BCUT2D eigenvalue weighted by Crippen LogP contribution is -2.61. The molecule has 0 aliphatic carbocycles. The number of carbonyl (C=O) groups excluding carboxylic acids is 1. The first-order chi connectivity index (χ1) is 13.8. The molecule has 5 nitrogen and oxygen atoms in total. The van der Waals surface area contributed by atoms with Gasteiger partial charge in [0.15, 0.2) is 0 Å². The number of rotatable bonds is 4. The van der Waals surface area contributed by atoms with E-state index < -0.39 is 0 Å². The van der Waals surface area contributed by atoms with Gasteiger partial charge in [-0.05, 0) is 47.7 Å². The molecule has 1 saturated heterocycles. The first kappa shape index (κ1) is 17.4. The van der Waals surface area contributed by atoms with Crippen LogP contribution in [0, 0.1) is 0 Å². The van der Waals surface area contributed by atoms with Gasteiger partial charge in [0.2, 0.25) is 5.88 Å². The number of benzene rings is 1. The fourth-order valence-electron chi connectivity index (χ4n) is 3.84. The maximum Gasteiger partial charge on any atom is 0.254 e. The summed E-state index contributed by atoms with van der Waals surface area (Å²) in [5, 5.41) is 2.19. The molecule has 1 aromatic carbocycles. The smallest absolute Gasteiger partial charge is 0.254 e. The third-order valence-electron chi connectivity index (χ3n) is 5.44. The molecule has 0 spiro atoms. The second-order valence-electron chi connectivity index (χ2n) is 7.25. The SMILES string of the molecule is O=C(c1cccc(Oc2ccccn2)c1)N1CC(N2CCc3sccc3C2)C1. The second kappa shape index (κ2) is 7.37. The van der Waals surface area contributed by atoms with Crippen LogP contribution in [0.3, 0.4) is 0 Å². The van der Waals surface area contributed by atoms with Crippen molar-refractivity contribution in [3.63, 3.8) is 0 Å². The normalized spacial score (nSPS) is 17.1. The van der Waals surface area contributed by atoms with Gasteiger partial charge >= 0.3 is 0 Å². The summed E-state index contributed by atoms with van der Waals surface area (Å²) < 4.78 is 5.75. The minimum atomic E-state index is 0.0657. The van der Waals surface area contributed by atoms with Gasteiger partial charge in [-0.3, -0.25) is 9.69 Å². The van der Waals surface area contributed by atoms with Crippen LogP contribution >= 0.6 is 11.3 Å². The highest BCUT2D eigenvalue weighted by Gasteiger charge is 2.36. The van der Waals surface area contributed by atoms with Crippen LogP contribution in [0.2, 0.25) is 0 Å². The van der Waals surface area contributed by atoms with E-state index in [0.29, 0.717) is 23.2 Å². The van der Waals surface area contributed by atoms with Crippen LogP contribution in [-0.4, -0.2) is 46.4 Å². The van der Waals surface area contributed by atoms with E-state index >= 15 is 0 Å². The Balaban J connectivity index is 1.21. The first-order valence-corrected chi connectivity index (χ1v) is 10.4. The largest absolute Gasteiger partial charge is 0.439 e. The summed E-state index contributed by atoms with van der Waals surface area (Å²) in [4.78, 5) is 23.0. The molecule has 0 saturated carbocycles. The molecule has 28 heavy (non-hydrogen) atoms. The van der Waals surface area contributed by atoms with E-state index in [1.54, 1.807) is 18.3 Å². The lowest BCUT2D eigenvalue weighted by atomic mass is 10.0. The van der Waals surface area contributed by atoms with E-state index in [4.69, 9.17) is 4.74 Å². The quantitative estimate of drug-likeness (QED) is 0.678. The number of thiophene rings is 1. The van der Waals surface area contributed by atoms with Gasteiger partial charge in [0.25, 0.3) is 5.91 Å². The predicted molar refractivity (Wildman–Crippen MR) is 109 cm³/mol. The van der Waals surface area contributed by atoms with Crippen LogP contribution in [0.1, 0.15) is 20.8 Å². The average molecular weight is 391 g/mol. The molecule has 6 heteroatoms. The van der Waals surface area contributed by atoms with E-state index in [1.807, 2.05) is 46.6 Å². The lowest BCUT2D eigenvalue weighted by molar-refractivity contribution is 0.0220. The molecule has 0 radical (unpaired) electrons. The van der Waals surface area contributed by atoms with Gasteiger partial charge in [-0.2, -0.15) is 0 Å². The third-order valence-corrected chi connectivity index (χ3v) is 6.47. The van der Waals surface area contributed by atoms with Crippen LogP contribution in [0.4, 0.5) is 0 Å². The summed E-state index contributed by atoms with van der Waals surface area (Å²) in [5.74, 6) is 1.22. The Morgan fingerprint density at radius 2 is 2.07 bits per heavy atom. The highest BCUT2D eigenvalue weighted by molar-refractivity contribution is 7.10. The molecular formula is C22H21N3O2S. The van der Waals surface area contributed by atoms with Crippen molar-refractivity contribution in [1.82, 2.24) is 14.8 Å². The molecule has 0 unspecified atom stereocenters. The van der Waals surface area contributed by atoms with Gasteiger partial charge in [0.1, 0.15) is 5.75 Å². The molecule has 3 aromatic rings. The number of hydrogen-bond acceptors (Lipinski definition) is 5. The van der Waals surface area contributed by atoms with Crippen molar-refractivity contribution in [3.8, 4) is 11.6 Å². The summed E-state index contributed by atoms with van der Waals surface area (Å²) in [7, 11) is 0. The third kappa shape index (κ3) is 3.41. The van der Waals surface area contributed by atoms with Gasteiger partial charge in [-0.15, -0.1) is 11.3 Å². The topological polar surface area (TPSA) is 45.7 Å². The number of pyridine rings is 1. The molecule has 1 amide bonds. The van der Waals surface area contributed by atoms with Gasteiger partial charge in [-0.25, -0.2) is 4.98 Å². The monoisotopic (exact) mass is 391 g/mol. The van der Waals surface area contributed by atoms with Crippen molar-refractivity contribution in [2.45, 2.75) is 19.0 Å². The van der Waals surface area contributed by atoms with Crippen LogP contribution in [0.25, 0.3) is 0 Å². The number of hydrogen-bond donors (Lipinski definition) is 0. The van der Waals surface area contributed by atoms with Crippen molar-refractivity contribution in [2.24, 2.45) is 0 Å². The van der Waals surface area contributed by atoms with Gasteiger partial charge in [-0.1, -0.05) is 12.1 Å². The maximum atomic E-state index is 12.9. The molecule has 2 aliphatic rings. The van der Waals surface area contributed by atoms with Gasteiger partial charge in [0, 0.05) is 54.9 Å². The number of nitrogens with zero attached hydrogens (tertiary/aromatic N) is 3. The number of fused-ring (bicyclic) bond motifs is 1. The van der Waals surface area contributed by atoms with Gasteiger partial charge in [0.05, 0.1) is 0 Å². The highest BCUT2D eigenvalue weighted by Crippen LogP contribution is 2.28. The summed E-state index contributed by atoms with van der Waals surface area (Å²) >= 11 is 1.86. The van der Waals surface area contributed by atoms with Crippen LogP contribution < -0.4 is 4.74 Å². The van der Waals surface area contributed by atoms with E-state index in [9.17, 15) is 4.79 Å². The standard InChI is InChI=1S/C22H21N3O2S/c26-22(16-4-3-5-19(12-16)27-21-6-1-2-9-23-21)25-14-18(15-25)24-10-7-20-17(13-24)8-11-28-20/h1-6,8-9,11-12,18H,7,10,13-15H2. The number of likely N-dealkylation sites (tertiary alicyclic amines) is 1. The molecule has 5 rings (SSSR count). The van der Waals surface area contributed by atoms with Crippen molar-refractivity contribution in [2.75, 3.05) is 19.6 Å². The number of aromatic nitrogens is 1. The second-order valence-corrected chi connectivity index (χ2v) is 8.25. The fraction of sp³-hybridized carbons (Fsp3) is 0.273. The van der Waals surface area contributed by atoms with Crippen LogP contribution in [-0.2, 0) is 13.0 Å². The predicted octanol–water partition coefficient (Wildman–Crippen LogP) is 3.82. The van der Waals surface area contributed by atoms with Gasteiger partial charge < -0.3 is 9.64 Å². The number of amides is 1. The minimum Gasteiger partial charge on any atom is -0.439 e. The minimum absolute atomic E-state index is 0.0657. The van der Waals surface area contributed by atoms with Crippen molar-refractivity contribution in [3.05, 3.63) is 76.1 Å². The highest BCUT2D eigenvalue weighted by atomic mass is 32.1. The zero-order chi connectivity index (χ0) is 18.9.